The lowest BCUT2D eigenvalue weighted by Crippen LogP contribution is -2.47. The third-order valence-electron chi connectivity index (χ3n) is 3.47. The Balaban J connectivity index is 1.69. The average Bonchev–Trinajstić information content (AvgIpc) is 2.49. The quantitative estimate of drug-likeness (QED) is 0.875. The van der Waals surface area contributed by atoms with Crippen LogP contribution < -0.4 is 15.4 Å². The number of aryl methyl sites for hydroxylation is 1. The topological polar surface area (TPSA) is 59.6 Å². The molecule has 1 aromatic rings. The minimum atomic E-state index is -0.161. The first-order valence-electron chi connectivity index (χ1n) is 7.49. The second-order valence-corrected chi connectivity index (χ2v) is 5.46. The number of nitrogens with one attached hydrogen (secondary N) is 2. The zero-order valence-electron chi connectivity index (χ0n) is 12.7. The summed E-state index contributed by atoms with van der Waals surface area (Å²) in [5, 5.41) is 5.76. The molecule has 116 valence electrons. The first-order valence-corrected chi connectivity index (χ1v) is 7.49. The number of para-hydroxylation sites is 1. The van der Waals surface area contributed by atoms with Crippen molar-refractivity contribution in [3.63, 3.8) is 0 Å². The number of amides is 2. The molecule has 1 heterocycles. The predicted molar refractivity (Wildman–Crippen MR) is 81.6 cm³/mol. The molecule has 2 rings (SSSR count). The summed E-state index contributed by atoms with van der Waals surface area (Å²) in [6.07, 6.45) is 1.89. The number of hydrogen-bond acceptors (Lipinski definition) is 3. The Kier molecular flexibility index (Phi) is 5.87. The fourth-order valence-corrected chi connectivity index (χ4v) is 2.27. The van der Waals surface area contributed by atoms with Crippen molar-refractivity contribution >= 4 is 6.03 Å². The van der Waals surface area contributed by atoms with Gasteiger partial charge < -0.3 is 20.1 Å². The van der Waals surface area contributed by atoms with Crippen molar-refractivity contribution in [2.45, 2.75) is 38.8 Å². The van der Waals surface area contributed by atoms with Crippen molar-refractivity contribution in [2.75, 3.05) is 19.8 Å². The third-order valence-corrected chi connectivity index (χ3v) is 3.47. The first-order chi connectivity index (χ1) is 10.1. The molecule has 5 nitrogen and oxygen atoms in total. The molecule has 21 heavy (non-hydrogen) atoms. The van der Waals surface area contributed by atoms with E-state index in [9.17, 15) is 4.79 Å². The Morgan fingerprint density at radius 1 is 1.48 bits per heavy atom. The van der Waals surface area contributed by atoms with Gasteiger partial charge in [0.25, 0.3) is 0 Å². The van der Waals surface area contributed by atoms with E-state index in [0.717, 1.165) is 30.8 Å². The Morgan fingerprint density at radius 3 is 3.00 bits per heavy atom. The number of hydrogen-bond donors (Lipinski definition) is 2. The number of ether oxygens (including phenoxy) is 2. The standard InChI is InChI=1S/C16H24N2O3/c1-12-6-3-4-8-15(12)21-13(2)10-17-16(19)18-14-7-5-9-20-11-14/h3-4,6,8,13-14H,5,7,9-11H2,1-2H3,(H2,17,18,19)/t13-,14+/m0/s1. The maximum absolute atomic E-state index is 11.8. The molecular formula is C16H24N2O3. The van der Waals surface area contributed by atoms with Crippen LogP contribution in [0.25, 0.3) is 0 Å². The molecule has 1 saturated heterocycles. The van der Waals surface area contributed by atoms with Gasteiger partial charge >= 0.3 is 6.03 Å². The van der Waals surface area contributed by atoms with Crippen molar-refractivity contribution in [1.82, 2.24) is 10.6 Å². The predicted octanol–water partition coefficient (Wildman–Crippen LogP) is 2.24. The van der Waals surface area contributed by atoms with Gasteiger partial charge in [-0.05, 0) is 38.3 Å². The van der Waals surface area contributed by atoms with E-state index < -0.39 is 0 Å². The number of carbonyl (C=O) groups excluding carboxylic acids is 1. The third kappa shape index (κ3) is 5.27. The van der Waals surface area contributed by atoms with Gasteiger partial charge in [0.2, 0.25) is 0 Å². The van der Waals surface area contributed by atoms with Crippen LogP contribution in [0.15, 0.2) is 24.3 Å². The summed E-state index contributed by atoms with van der Waals surface area (Å²) in [5.74, 6) is 0.855. The van der Waals surface area contributed by atoms with Crippen LogP contribution in [0.4, 0.5) is 4.79 Å². The molecule has 0 aliphatic carbocycles. The molecule has 5 heteroatoms. The van der Waals surface area contributed by atoms with E-state index in [1.54, 1.807) is 0 Å². The van der Waals surface area contributed by atoms with Crippen molar-refractivity contribution in [3.05, 3.63) is 29.8 Å². The van der Waals surface area contributed by atoms with Crippen LogP contribution in [0.3, 0.4) is 0 Å². The minimum absolute atomic E-state index is 0.0838. The molecule has 0 aromatic heterocycles. The molecule has 2 amide bonds. The molecule has 1 fully saturated rings. The van der Waals surface area contributed by atoms with E-state index in [0.29, 0.717) is 13.2 Å². The monoisotopic (exact) mass is 292 g/mol. The molecule has 1 aliphatic heterocycles. The maximum Gasteiger partial charge on any atom is 0.315 e. The van der Waals surface area contributed by atoms with Crippen LogP contribution in [-0.2, 0) is 4.74 Å². The lowest BCUT2D eigenvalue weighted by atomic mass is 10.1. The van der Waals surface area contributed by atoms with Crippen molar-refractivity contribution < 1.29 is 14.3 Å². The fourth-order valence-electron chi connectivity index (χ4n) is 2.27. The van der Waals surface area contributed by atoms with Gasteiger partial charge in [0.1, 0.15) is 11.9 Å². The van der Waals surface area contributed by atoms with Gasteiger partial charge in [-0.2, -0.15) is 0 Å². The number of benzene rings is 1. The van der Waals surface area contributed by atoms with Gasteiger partial charge in [-0.15, -0.1) is 0 Å². The highest BCUT2D eigenvalue weighted by Crippen LogP contribution is 2.17. The van der Waals surface area contributed by atoms with E-state index >= 15 is 0 Å². The number of urea groups is 1. The molecule has 0 radical (unpaired) electrons. The van der Waals surface area contributed by atoms with Crippen LogP contribution in [0, 0.1) is 6.92 Å². The molecule has 0 saturated carbocycles. The SMILES string of the molecule is Cc1ccccc1O[C@@H](C)CNC(=O)N[C@@H]1CCCOC1. The molecule has 0 unspecified atom stereocenters. The lowest BCUT2D eigenvalue weighted by molar-refractivity contribution is 0.0730. The summed E-state index contributed by atoms with van der Waals surface area (Å²) in [7, 11) is 0. The minimum Gasteiger partial charge on any atom is -0.489 e. The molecule has 2 atom stereocenters. The number of carbonyl (C=O) groups is 1. The van der Waals surface area contributed by atoms with E-state index in [1.165, 1.54) is 0 Å². The highest BCUT2D eigenvalue weighted by molar-refractivity contribution is 5.74. The molecule has 1 aromatic carbocycles. The Bertz CT molecular complexity index is 459. The van der Waals surface area contributed by atoms with E-state index in [4.69, 9.17) is 9.47 Å². The highest BCUT2D eigenvalue weighted by atomic mass is 16.5. The second-order valence-electron chi connectivity index (χ2n) is 5.46. The summed E-state index contributed by atoms with van der Waals surface area (Å²) in [5.41, 5.74) is 1.09. The summed E-state index contributed by atoms with van der Waals surface area (Å²) in [6.45, 7) is 5.80. The van der Waals surface area contributed by atoms with Crippen LogP contribution in [0.5, 0.6) is 5.75 Å². The van der Waals surface area contributed by atoms with Gasteiger partial charge in [-0.1, -0.05) is 18.2 Å². The number of rotatable bonds is 5. The lowest BCUT2D eigenvalue weighted by Gasteiger charge is -2.24. The zero-order chi connectivity index (χ0) is 15.1. The average molecular weight is 292 g/mol. The van der Waals surface area contributed by atoms with Crippen LogP contribution in [-0.4, -0.2) is 37.9 Å². The van der Waals surface area contributed by atoms with E-state index in [1.807, 2.05) is 38.1 Å². The Hall–Kier alpha value is -1.75. The van der Waals surface area contributed by atoms with Crippen molar-refractivity contribution in [1.29, 1.82) is 0 Å². The Morgan fingerprint density at radius 2 is 2.29 bits per heavy atom. The molecule has 0 spiro atoms. The van der Waals surface area contributed by atoms with Gasteiger partial charge in [0.15, 0.2) is 0 Å². The van der Waals surface area contributed by atoms with Crippen LogP contribution in [0.1, 0.15) is 25.3 Å². The molecule has 1 aliphatic rings. The molecular weight excluding hydrogens is 268 g/mol. The smallest absolute Gasteiger partial charge is 0.315 e. The fraction of sp³-hybridized carbons (Fsp3) is 0.562. The first kappa shape index (κ1) is 15.6. The van der Waals surface area contributed by atoms with Gasteiger partial charge in [-0.3, -0.25) is 0 Å². The largest absolute Gasteiger partial charge is 0.489 e. The Labute approximate surface area is 126 Å². The van der Waals surface area contributed by atoms with E-state index in [2.05, 4.69) is 10.6 Å². The van der Waals surface area contributed by atoms with E-state index in [-0.39, 0.29) is 18.2 Å². The van der Waals surface area contributed by atoms with Crippen molar-refractivity contribution in [3.8, 4) is 5.75 Å². The van der Waals surface area contributed by atoms with Crippen LogP contribution in [0.2, 0.25) is 0 Å². The molecule has 0 bridgehead atoms. The van der Waals surface area contributed by atoms with Crippen molar-refractivity contribution in [2.24, 2.45) is 0 Å². The summed E-state index contributed by atoms with van der Waals surface area (Å²) >= 11 is 0. The second kappa shape index (κ2) is 7.88. The van der Waals surface area contributed by atoms with Crippen LogP contribution >= 0.6 is 0 Å². The zero-order valence-corrected chi connectivity index (χ0v) is 12.7. The molecule has 2 N–H and O–H groups in total. The normalized spacial score (nSPS) is 19.6. The highest BCUT2D eigenvalue weighted by Gasteiger charge is 2.16. The summed E-state index contributed by atoms with van der Waals surface area (Å²) in [6, 6.07) is 7.82. The van der Waals surface area contributed by atoms with Gasteiger partial charge in [0, 0.05) is 6.61 Å². The summed E-state index contributed by atoms with van der Waals surface area (Å²) in [4.78, 5) is 11.8. The van der Waals surface area contributed by atoms with Gasteiger partial charge in [-0.25, -0.2) is 4.79 Å². The summed E-state index contributed by atoms with van der Waals surface area (Å²) < 4.78 is 11.2. The van der Waals surface area contributed by atoms with Gasteiger partial charge in [0.05, 0.1) is 19.2 Å². The maximum atomic E-state index is 11.8.